The van der Waals surface area contributed by atoms with Crippen LogP contribution in [0.5, 0.6) is 0 Å². The van der Waals surface area contributed by atoms with Crippen LogP contribution in [-0.2, 0) is 19.3 Å². The van der Waals surface area contributed by atoms with E-state index < -0.39 is 22.0 Å². The second-order valence-corrected chi connectivity index (χ2v) is 7.83. The van der Waals surface area contributed by atoms with E-state index in [9.17, 15) is 19.5 Å². The number of carboxylic acid groups (broad SMARTS) is 1. The minimum absolute atomic E-state index is 0.356. The number of carbonyl (C=O) groups is 3. The van der Waals surface area contributed by atoms with Crippen LogP contribution in [0.2, 0.25) is 5.02 Å². The first kappa shape index (κ1) is 16.9. The third kappa shape index (κ3) is 2.39. The molecular formula is C18H13ClN2O4S. The van der Waals surface area contributed by atoms with Crippen LogP contribution >= 0.6 is 23.4 Å². The lowest BCUT2D eigenvalue weighted by Crippen LogP contribution is -2.47. The number of rotatable bonds is 3. The first-order chi connectivity index (χ1) is 12.4. The van der Waals surface area contributed by atoms with Crippen molar-refractivity contribution in [1.29, 1.82) is 0 Å². The average molecular weight is 389 g/mol. The quantitative estimate of drug-likeness (QED) is 0.843. The van der Waals surface area contributed by atoms with Gasteiger partial charge in [-0.1, -0.05) is 29.8 Å². The Bertz CT molecular complexity index is 933. The first-order valence-electron chi connectivity index (χ1n) is 7.83. The summed E-state index contributed by atoms with van der Waals surface area (Å²) in [6.07, 6.45) is -0.356. The van der Waals surface area contributed by atoms with Gasteiger partial charge < -0.3 is 10.4 Å². The van der Waals surface area contributed by atoms with Gasteiger partial charge in [-0.05, 0) is 30.3 Å². The average Bonchev–Trinajstić information content (AvgIpc) is 3.04. The topological polar surface area (TPSA) is 86.7 Å². The molecule has 1 fully saturated rings. The summed E-state index contributed by atoms with van der Waals surface area (Å²) in [5, 5.41) is 11.6. The Labute approximate surface area is 158 Å². The highest BCUT2D eigenvalue weighted by Crippen LogP contribution is 2.56. The third-order valence-electron chi connectivity index (χ3n) is 4.42. The van der Waals surface area contributed by atoms with E-state index in [2.05, 4.69) is 5.32 Å². The van der Waals surface area contributed by atoms with Crippen molar-refractivity contribution in [3.05, 3.63) is 59.1 Å². The Hall–Kier alpha value is -2.51. The standard InChI is InChI=1S/C18H13ClN2O4S/c19-10-5-7-11(8-6-10)21-16(24)14(9-15(22)23)26-18(21)12-3-1-2-4-13(12)20-17(18)25/h1-8,14H,9H2,(H,20,25)(H,22,23). The number of amides is 2. The van der Waals surface area contributed by atoms with Gasteiger partial charge in [-0.2, -0.15) is 0 Å². The predicted octanol–water partition coefficient (Wildman–Crippen LogP) is 3.07. The molecule has 26 heavy (non-hydrogen) atoms. The van der Waals surface area contributed by atoms with E-state index in [1.54, 1.807) is 48.5 Å². The van der Waals surface area contributed by atoms with Crippen molar-refractivity contribution in [3.63, 3.8) is 0 Å². The molecule has 2 atom stereocenters. The molecule has 2 aromatic rings. The fourth-order valence-corrected chi connectivity index (χ4v) is 5.08. The van der Waals surface area contributed by atoms with Gasteiger partial charge in [0.2, 0.25) is 10.8 Å². The maximum Gasteiger partial charge on any atom is 0.305 e. The Kier molecular flexibility index (Phi) is 3.93. The molecule has 132 valence electrons. The van der Waals surface area contributed by atoms with Crippen molar-refractivity contribution in [2.75, 3.05) is 10.2 Å². The molecule has 0 saturated carbocycles. The zero-order chi connectivity index (χ0) is 18.5. The predicted molar refractivity (Wildman–Crippen MR) is 99.3 cm³/mol. The summed E-state index contributed by atoms with van der Waals surface area (Å²) in [5.41, 5.74) is 1.76. The van der Waals surface area contributed by atoms with Crippen LogP contribution in [0.15, 0.2) is 48.5 Å². The molecule has 8 heteroatoms. The maximum absolute atomic E-state index is 13.1. The van der Waals surface area contributed by atoms with Gasteiger partial charge in [0.1, 0.15) is 0 Å². The van der Waals surface area contributed by atoms with Crippen molar-refractivity contribution in [2.24, 2.45) is 0 Å². The number of thioether (sulfide) groups is 1. The molecule has 6 nitrogen and oxygen atoms in total. The summed E-state index contributed by atoms with van der Waals surface area (Å²) in [6.45, 7) is 0. The number of hydrogen-bond acceptors (Lipinski definition) is 4. The Morgan fingerprint density at radius 1 is 1.19 bits per heavy atom. The van der Waals surface area contributed by atoms with E-state index in [0.29, 0.717) is 22.0 Å². The number of halogens is 1. The minimum atomic E-state index is -1.33. The number of benzene rings is 2. The molecule has 2 aliphatic rings. The van der Waals surface area contributed by atoms with Gasteiger partial charge in [0.25, 0.3) is 5.91 Å². The summed E-state index contributed by atoms with van der Waals surface area (Å²) in [6, 6.07) is 13.7. The number of carboxylic acids is 1. The minimum Gasteiger partial charge on any atom is -0.481 e. The molecule has 2 heterocycles. The molecule has 0 radical (unpaired) electrons. The lowest BCUT2D eigenvalue weighted by molar-refractivity contribution is -0.138. The Morgan fingerprint density at radius 2 is 1.88 bits per heavy atom. The Morgan fingerprint density at radius 3 is 2.58 bits per heavy atom. The van der Waals surface area contributed by atoms with E-state index in [4.69, 9.17) is 11.6 Å². The number of carbonyl (C=O) groups excluding carboxylic acids is 2. The lowest BCUT2D eigenvalue weighted by atomic mass is 10.0. The Balaban J connectivity index is 1.90. The smallest absolute Gasteiger partial charge is 0.305 e. The molecule has 1 spiro atoms. The highest BCUT2D eigenvalue weighted by molar-refractivity contribution is 8.03. The fraction of sp³-hybridized carbons (Fsp3) is 0.167. The normalized spacial score (nSPS) is 24.0. The summed E-state index contributed by atoms with van der Waals surface area (Å²) >= 11 is 7.01. The molecular weight excluding hydrogens is 376 g/mol. The van der Waals surface area contributed by atoms with E-state index in [-0.39, 0.29) is 12.3 Å². The van der Waals surface area contributed by atoms with E-state index in [0.717, 1.165) is 11.8 Å². The van der Waals surface area contributed by atoms with Crippen LogP contribution in [-0.4, -0.2) is 28.1 Å². The highest BCUT2D eigenvalue weighted by Gasteiger charge is 2.62. The molecule has 2 aliphatic heterocycles. The van der Waals surface area contributed by atoms with Gasteiger partial charge in [0.15, 0.2) is 0 Å². The number of nitrogens with zero attached hydrogens (tertiary/aromatic N) is 1. The number of anilines is 2. The number of para-hydroxylation sites is 1. The van der Waals surface area contributed by atoms with Crippen molar-refractivity contribution in [2.45, 2.75) is 16.5 Å². The van der Waals surface area contributed by atoms with Crippen LogP contribution in [0.1, 0.15) is 12.0 Å². The largest absolute Gasteiger partial charge is 0.481 e. The highest BCUT2D eigenvalue weighted by atomic mass is 35.5. The first-order valence-corrected chi connectivity index (χ1v) is 9.09. The van der Waals surface area contributed by atoms with Gasteiger partial charge in [-0.3, -0.25) is 19.3 Å². The van der Waals surface area contributed by atoms with Crippen molar-refractivity contribution >= 4 is 52.5 Å². The summed E-state index contributed by atoms with van der Waals surface area (Å²) in [5.74, 6) is -1.86. The van der Waals surface area contributed by atoms with Crippen molar-refractivity contribution in [3.8, 4) is 0 Å². The molecule has 2 aromatic carbocycles. The van der Waals surface area contributed by atoms with Crippen LogP contribution < -0.4 is 10.2 Å². The van der Waals surface area contributed by atoms with Gasteiger partial charge in [-0.25, -0.2) is 0 Å². The zero-order valence-corrected chi connectivity index (χ0v) is 14.9. The third-order valence-corrected chi connectivity index (χ3v) is 6.25. The number of aliphatic carboxylic acids is 1. The van der Waals surface area contributed by atoms with E-state index in [1.807, 2.05) is 0 Å². The molecule has 2 amide bonds. The van der Waals surface area contributed by atoms with Crippen molar-refractivity contribution in [1.82, 2.24) is 0 Å². The van der Waals surface area contributed by atoms with E-state index in [1.165, 1.54) is 4.90 Å². The monoisotopic (exact) mass is 388 g/mol. The number of hydrogen-bond donors (Lipinski definition) is 2. The molecule has 0 aliphatic carbocycles. The molecule has 4 rings (SSSR count). The van der Waals surface area contributed by atoms with Crippen LogP contribution in [0.25, 0.3) is 0 Å². The van der Waals surface area contributed by atoms with Gasteiger partial charge in [0.05, 0.1) is 11.7 Å². The molecule has 1 saturated heterocycles. The number of nitrogens with one attached hydrogen (secondary N) is 1. The SMILES string of the molecule is O=C(O)CC1SC2(C(=O)Nc3ccccc32)N(c2ccc(Cl)cc2)C1=O. The second kappa shape index (κ2) is 6.03. The molecule has 0 aromatic heterocycles. The van der Waals surface area contributed by atoms with E-state index >= 15 is 0 Å². The molecule has 0 bridgehead atoms. The summed E-state index contributed by atoms with van der Waals surface area (Å²) in [4.78, 5) is 37.3. The van der Waals surface area contributed by atoms with Gasteiger partial charge in [0, 0.05) is 22.0 Å². The molecule has 2 unspecified atom stereocenters. The summed E-state index contributed by atoms with van der Waals surface area (Å²) in [7, 11) is 0. The van der Waals surface area contributed by atoms with Crippen LogP contribution in [0.3, 0.4) is 0 Å². The van der Waals surface area contributed by atoms with Crippen LogP contribution in [0, 0.1) is 0 Å². The fourth-order valence-electron chi connectivity index (χ4n) is 3.35. The second-order valence-electron chi connectivity index (χ2n) is 6.00. The van der Waals surface area contributed by atoms with Gasteiger partial charge >= 0.3 is 5.97 Å². The maximum atomic E-state index is 13.1. The van der Waals surface area contributed by atoms with Crippen molar-refractivity contribution < 1.29 is 19.5 Å². The summed E-state index contributed by atoms with van der Waals surface area (Å²) < 4.78 is 0. The lowest BCUT2D eigenvalue weighted by Gasteiger charge is -2.32. The van der Waals surface area contributed by atoms with Gasteiger partial charge in [-0.15, -0.1) is 11.8 Å². The zero-order valence-electron chi connectivity index (χ0n) is 13.3. The molecule has 2 N–H and O–H groups in total. The number of fused-ring (bicyclic) bond motifs is 2. The van der Waals surface area contributed by atoms with Crippen LogP contribution in [0.4, 0.5) is 11.4 Å².